The highest BCUT2D eigenvalue weighted by Crippen LogP contribution is 2.51. The third kappa shape index (κ3) is 3.08. The SMILES string of the molecule is C.CC(C)(C)c1ccc2c(c1)OC(C)(C)C1CC=C(C=O)CC21. The Labute approximate surface area is 140 Å². The van der Waals surface area contributed by atoms with Gasteiger partial charge in [0.2, 0.25) is 0 Å². The van der Waals surface area contributed by atoms with E-state index in [0.717, 1.165) is 30.5 Å². The zero-order chi connectivity index (χ0) is 16.1. The molecule has 2 unspecified atom stereocenters. The monoisotopic (exact) mass is 314 g/mol. The first kappa shape index (κ1) is 17.8. The maximum absolute atomic E-state index is 11.2. The molecule has 0 aromatic heterocycles. The summed E-state index contributed by atoms with van der Waals surface area (Å²) in [6, 6.07) is 6.64. The van der Waals surface area contributed by atoms with Gasteiger partial charge in [-0.15, -0.1) is 0 Å². The third-order valence-corrected chi connectivity index (χ3v) is 5.27. The maximum Gasteiger partial charge on any atom is 0.145 e. The standard InChI is InChI=1S/C20H26O2.CH4/c1-19(2,3)14-7-8-15-16-10-13(12-21)6-9-17(16)20(4,5)22-18(15)11-14;/h6-8,11-12,16-17H,9-10H2,1-5H3;1H4. The van der Waals surface area contributed by atoms with Crippen LogP contribution in [0.15, 0.2) is 29.8 Å². The van der Waals surface area contributed by atoms with Crippen LogP contribution in [0.2, 0.25) is 0 Å². The molecule has 1 aromatic rings. The second kappa shape index (κ2) is 5.81. The van der Waals surface area contributed by atoms with Crippen molar-refractivity contribution in [3.63, 3.8) is 0 Å². The normalized spacial score (nSPS) is 25.2. The predicted octanol–water partition coefficient (Wildman–Crippen LogP) is 5.41. The van der Waals surface area contributed by atoms with Gasteiger partial charge in [-0.3, -0.25) is 4.79 Å². The van der Waals surface area contributed by atoms with Crippen molar-refractivity contribution in [3.8, 4) is 5.75 Å². The zero-order valence-electron chi connectivity index (χ0n) is 14.3. The average molecular weight is 314 g/mol. The molecule has 1 heterocycles. The second-order valence-corrected chi connectivity index (χ2v) is 8.26. The number of allylic oxidation sites excluding steroid dienone is 2. The van der Waals surface area contributed by atoms with Crippen LogP contribution in [0.3, 0.4) is 0 Å². The van der Waals surface area contributed by atoms with Gasteiger partial charge in [-0.25, -0.2) is 0 Å². The van der Waals surface area contributed by atoms with Gasteiger partial charge in [0, 0.05) is 5.92 Å². The molecule has 0 fully saturated rings. The van der Waals surface area contributed by atoms with Crippen LogP contribution in [-0.4, -0.2) is 11.9 Å². The summed E-state index contributed by atoms with van der Waals surface area (Å²) >= 11 is 0. The first-order valence-corrected chi connectivity index (χ1v) is 8.20. The quantitative estimate of drug-likeness (QED) is 0.648. The molecule has 3 rings (SSSR count). The van der Waals surface area contributed by atoms with Crippen molar-refractivity contribution in [2.45, 2.75) is 71.8 Å². The van der Waals surface area contributed by atoms with E-state index >= 15 is 0 Å². The van der Waals surface area contributed by atoms with Crippen molar-refractivity contribution in [3.05, 3.63) is 41.0 Å². The van der Waals surface area contributed by atoms with Crippen molar-refractivity contribution in [1.29, 1.82) is 0 Å². The molecule has 0 saturated heterocycles. The molecular weight excluding hydrogens is 284 g/mol. The first-order chi connectivity index (χ1) is 10.2. The molecule has 2 aliphatic rings. The van der Waals surface area contributed by atoms with Crippen molar-refractivity contribution in [1.82, 2.24) is 0 Å². The Morgan fingerprint density at radius 3 is 2.57 bits per heavy atom. The summed E-state index contributed by atoms with van der Waals surface area (Å²) in [7, 11) is 0. The fraction of sp³-hybridized carbons (Fsp3) is 0.571. The molecule has 126 valence electrons. The van der Waals surface area contributed by atoms with Gasteiger partial charge >= 0.3 is 0 Å². The van der Waals surface area contributed by atoms with Gasteiger partial charge in [-0.2, -0.15) is 0 Å². The maximum atomic E-state index is 11.2. The molecule has 0 radical (unpaired) electrons. The average Bonchev–Trinajstić information content (AvgIpc) is 2.44. The Kier molecular flexibility index (Phi) is 4.49. The Morgan fingerprint density at radius 1 is 1.26 bits per heavy atom. The largest absolute Gasteiger partial charge is 0.487 e. The molecular formula is C21H30O2. The van der Waals surface area contributed by atoms with Crippen molar-refractivity contribution in [2.75, 3.05) is 0 Å². The molecule has 0 saturated carbocycles. The molecule has 1 aliphatic carbocycles. The number of ether oxygens (including phenoxy) is 1. The summed E-state index contributed by atoms with van der Waals surface area (Å²) in [5.74, 6) is 1.83. The summed E-state index contributed by atoms with van der Waals surface area (Å²) < 4.78 is 6.38. The highest BCUT2D eigenvalue weighted by molar-refractivity contribution is 5.74. The number of fused-ring (bicyclic) bond motifs is 3. The molecule has 23 heavy (non-hydrogen) atoms. The van der Waals surface area contributed by atoms with Crippen LogP contribution in [-0.2, 0) is 10.2 Å². The minimum absolute atomic E-state index is 0. The zero-order valence-corrected chi connectivity index (χ0v) is 14.3. The minimum atomic E-state index is -0.195. The summed E-state index contributed by atoms with van der Waals surface area (Å²) in [5, 5.41) is 0. The first-order valence-electron chi connectivity index (χ1n) is 8.20. The fourth-order valence-corrected chi connectivity index (χ4v) is 3.87. The smallest absolute Gasteiger partial charge is 0.145 e. The molecule has 0 N–H and O–H groups in total. The lowest BCUT2D eigenvalue weighted by Crippen LogP contribution is -2.45. The number of carbonyl (C=O) groups is 1. The van der Waals surface area contributed by atoms with Crippen LogP contribution in [0.4, 0.5) is 0 Å². The van der Waals surface area contributed by atoms with Crippen LogP contribution in [0, 0.1) is 5.92 Å². The molecule has 2 atom stereocenters. The number of benzene rings is 1. The molecule has 2 nitrogen and oxygen atoms in total. The summed E-state index contributed by atoms with van der Waals surface area (Å²) in [6.45, 7) is 11.0. The minimum Gasteiger partial charge on any atom is -0.487 e. The molecule has 1 aromatic carbocycles. The number of rotatable bonds is 1. The number of hydrogen-bond donors (Lipinski definition) is 0. The van der Waals surface area contributed by atoms with Crippen molar-refractivity contribution >= 4 is 6.29 Å². The molecule has 0 bridgehead atoms. The Bertz CT molecular complexity index is 632. The summed E-state index contributed by atoms with van der Waals surface area (Å²) in [6.07, 6.45) is 4.87. The van der Waals surface area contributed by atoms with Gasteiger partial charge in [-0.05, 0) is 60.8 Å². The van der Waals surface area contributed by atoms with E-state index in [-0.39, 0.29) is 18.4 Å². The van der Waals surface area contributed by atoms with E-state index in [1.54, 1.807) is 0 Å². The second-order valence-electron chi connectivity index (χ2n) is 8.26. The lowest BCUT2D eigenvalue weighted by atomic mass is 9.67. The Balaban J connectivity index is 0.00000192. The lowest BCUT2D eigenvalue weighted by Gasteiger charge is -2.47. The van der Waals surface area contributed by atoms with Gasteiger partial charge in [0.1, 0.15) is 17.6 Å². The molecule has 1 aliphatic heterocycles. The Hall–Kier alpha value is -1.57. The third-order valence-electron chi connectivity index (χ3n) is 5.27. The van der Waals surface area contributed by atoms with Gasteiger partial charge in [-0.1, -0.05) is 46.4 Å². The topological polar surface area (TPSA) is 26.3 Å². The Morgan fingerprint density at radius 2 is 1.96 bits per heavy atom. The van der Waals surface area contributed by atoms with E-state index in [9.17, 15) is 4.79 Å². The molecule has 0 amide bonds. The van der Waals surface area contributed by atoms with Crippen LogP contribution in [0.5, 0.6) is 5.75 Å². The van der Waals surface area contributed by atoms with E-state index < -0.39 is 0 Å². The summed E-state index contributed by atoms with van der Waals surface area (Å²) in [4.78, 5) is 11.2. The van der Waals surface area contributed by atoms with Crippen LogP contribution >= 0.6 is 0 Å². The molecule has 0 spiro atoms. The lowest BCUT2D eigenvalue weighted by molar-refractivity contribution is -0.105. The van der Waals surface area contributed by atoms with Gasteiger partial charge in [0.05, 0.1) is 0 Å². The van der Waals surface area contributed by atoms with E-state index in [1.807, 2.05) is 0 Å². The van der Waals surface area contributed by atoms with Crippen molar-refractivity contribution < 1.29 is 9.53 Å². The van der Waals surface area contributed by atoms with Gasteiger partial charge in [0.15, 0.2) is 0 Å². The van der Waals surface area contributed by atoms with Gasteiger partial charge in [0.25, 0.3) is 0 Å². The highest BCUT2D eigenvalue weighted by atomic mass is 16.5. The van der Waals surface area contributed by atoms with E-state index in [1.165, 1.54) is 11.1 Å². The summed E-state index contributed by atoms with van der Waals surface area (Å²) in [5.41, 5.74) is 3.41. The number of carbonyl (C=O) groups excluding carboxylic acids is 1. The highest BCUT2D eigenvalue weighted by Gasteiger charge is 2.44. The van der Waals surface area contributed by atoms with E-state index in [0.29, 0.717) is 11.8 Å². The van der Waals surface area contributed by atoms with Crippen LogP contribution in [0.1, 0.15) is 71.9 Å². The van der Waals surface area contributed by atoms with E-state index in [4.69, 9.17) is 4.74 Å². The number of hydrogen-bond acceptors (Lipinski definition) is 2. The fourth-order valence-electron chi connectivity index (χ4n) is 3.87. The predicted molar refractivity (Wildman–Crippen MR) is 96.2 cm³/mol. The molecule has 2 heteroatoms. The van der Waals surface area contributed by atoms with Gasteiger partial charge < -0.3 is 4.74 Å². The van der Waals surface area contributed by atoms with Crippen LogP contribution in [0.25, 0.3) is 0 Å². The number of aldehydes is 1. The van der Waals surface area contributed by atoms with E-state index in [2.05, 4.69) is 58.9 Å². The van der Waals surface area contributed by atoms with Crippen molar-refractivity contribution in [2.24, 2.45) is 5.92 Å². The van der Waals surface area contributed by atoms with Crippen LogP contribution < -0.4 is 4.74 Å².